The molecule has 0 heteroatoms. The van der Waals surface area contributed by atoms with Crippen molar-refractivity contribution in [3.63, 3.8) is 0 Å². The number of hydrogen-bond donors (Lipinski definition) is 0. The van der Waals surface area contributed by atoms with Gasteiger partial charge in [0.15, 0.2) is 0 Å². The van der Waals surface area contributed by atoms with Gasteiger partial charge in [0.1, 0.15) is 0 Å². The Bertz CT molecular complexity index is 418. The fourth-order valence-electron chi connectivity index (χ4n) is 8.43. The molecule has 7 atom stereocenters. The van der Waals surface area contributed by atoms with Crippen LogP contribution < -0.4 is 0 Å². The second-order valence-electron chi connectivity index (χ2n) is 11.0. The molecule has 0 saturated heterocycles. The first-order chi connectivity index (χ1) is 12.8. The lowest BCUT2D eigenvalue weighted by atomic mass is 9.60. The highest BCUT2D eigenvalue weighted by Gasteiger charge is 2.50. The highest BCUT2D eigenvalue weighted by atomic mass is 14.5. The van der Waals surface area contributed by atoms with E-state index >= 15 is 0 Å². The van der Waals surface area contributed by atoms with Crippen LogP contribution in [0.3, 0.4) is 0 Å². The SMILES string of the molecule is CCCCCC(C1CCCCC1)C1CC(C)C2CC3CCCCC3C2C1. The van der Waals surface area contributed by atoms with Crippen LogP contribution >= 0.6 is 0 Å². The largest absolute Gasteiger partial charge is 0.0654 e. The highest BCUT2D eigenvalue weighted by Crippen LogP contribution is 2.58. The molecule has 7 unspecified atom stereocenters. The van der Waals surface area contributed by atoms with Crippen molar-refractivity contribution in [2.24, 2.45) is 47.3 Å². The van der Waals surface area contributed by atoms with Crippen molar-refractivity contribution in [3.05, 3.63) is 0 Å². The lowest BCUT2D eigenvalue weighted by Gasteiger charge is -2.45. The summed E-state index contributed by atoms with van der Waals surface area (Å²) in [6.45, 7) is 5.04. The van der Waals surface area contributed by atoms with Crippen LogP contribution in [0, 0.1) is 47.3 Å². The average molecular weight is 359 g/mol. The van der Waals surface area contributed by atoms with Crippen LogP contribution in [0.4, 0.5) is 0 Å². The van der Waals surface area contributed by atoms with Gasteiger partial charge >= 0.3 is 0 Å². The monoisotopic (exact) mass is 358 g/mol. The smallest absolute Gasteiger partial charge is 0.0349 e. The standard InChI is InChI=1S/C26H46/c1-3-4-6-14-23(20-11-7-5-8-12-20)22-16-19(2)25-17-21-13-9-10-15-24(21)26(25)18-22/h19-26H,3-18H2,1-2H3. The van der Waals surface area contributed by atoms with Gasteiger partial charge in [-0.3, -0.25) is 0 Å². The predicted octanol–water partition coefficient (Wildman–Crippen LogP) is 8.25. The minimum atomic E-state index is 1.03. The summed E-state index contributed by atoms with van der Waals surface area (Å²) < 4.78 is 0. The van der Waals surface area contributed by atoms with Crippen LogP contribution in [0.25, 0.3) is 0 Å². The van der Waals surface area contributed by atoms with Gasteiger partial charge in [-0.15, -0.1) is 0 Å². The van der Waals surface area contributed by atoms with Gasteiger partial charge in [-0.05, 0) is 79.4 Å². The van der Waals surface area contributed by atoms with Crippen LogP contribution in [0.5, 0.6) is 0 Å². The molecule has 0 heterocycles. The minimum absolute atomic E-state index is 1.03. The topological polar surface area (TPSA) is 0 Å². The van der Waals surface area contributed by atoms with Crippen molar-refractivity contribution in [1.29, 1.82) is 0 Å². The van der Waals surface area contributed by atoms with Crippen LogP contribution in [0.15, 0.2) is 0 Å². The maximum Gasteiger partial charge on any atom is -0.0349 e. The van der Waals surface area contributed by atoms with Gasteiger partial charge in [0.25, 0.3) is 0 Å². The molecule has 0 spiro atoms. The Morgan fingerprint density at radius 3 is 2.27 bits per heavy atom. The molecular weight excluding hydrogens is 312 g/mol. The molecule has 4 aliphatic carbocycles. The number of rotatable bonds is 6. The average Bonchev–Trinajstić information content (AvgIpc) is 3.05. The summed E-state index contributed by atoms with van der Waals surface area (Å²) in [6.07, 6.45) is 24.8. The molecular formula is C26H46. The maximum atomic E-state index is 2.66. The summed E-state index contributed by atoms with van der Waals surface area (Å²) in [7, 11) is 0. The number of unbranched alkanes of at least 4 members (excludes halogenated alkanes) is 2. The van der Waals surface area contributed by atoms with E-state index in [9.17, 15) is 0 Å². The Kier molecular flexibility index (Phi) is 6.69. The molecule has 4 fully saturated rings. The van der Waals surface area contributed by atoms with Gasteiger partial charge in [-0.2, -0.15) is 0 Å². The highest BCUT2D eigenvalue weighted by molar-refractivity contribution is 4.99. The summed E-state index contributed by atoms with van der Waals surface area (Å²) in [5.74, 6) is 8.82. The zero-order valence-corrected chi connectivity index (χ0v) is 17.9. The maximum absolute atomic E-state index is 2.66. The second kappa shape index (κ2) is 9.00. The normalized spacial score (nSPS) is 42.2. The fourth-order valence-corrected chi connectivity index (χ4v) is 8.43. The van der Waals surface area contributed by atoms with E-state index in [1.807, 2.05) is 0 Å². The van der Waals surface area contributed by atoms with Crippen LogP contribution in [0.1, 0.15) is 117 Å². The van der Waals surface area contributed by atoms with Crippen molar-refractivity contribution in [2.45, 2.75) is 117 Å². The van der Waals surface area contributed by atoms with Gasteiger partial charge in [0, 0.05) is 0 Å². The van der Waals surface area contributed by atoms with Crippen molar-refractivity contribution in [1.82, 2.24) is 0 Å². The van der Waals surface area contributed by atoms with Gasteiger partial charge in [-0.1, -0.05) is 84.5 Å². The summed E-state index contributed by atoms with van der Waals surface area (Å²) in [5, 5.41) is 0. The third kappa shape index (κ3) is 4.05. The van der Waals surface area contributed by atoms with E-state index in [1.54, 1.807) is 64.2 Å². The molecule has 0 aromatic rings. The quantitative estimate of drug-likeness (QED) is 0.419. The van der Waals surface area contributed by atoms with Crippen LogP contribution in [-0.2, 0) is 0 Å². The summed E-state index contributed by atoms with van der Waals surface area (Å²) in [4.78, 5) is 0. The number of hydrogen-bond acceptors (Lipinski definition) is 0. The zero-order chi connectivity index (χ0) is 17.9. The second-order valence-corrected chi connectivity index (χ2v) is 11.0. The minimum Gasteiger partial charge on any atom is -0.0654 e. The van der Waals surface area contributed by atoms with Crippen molar-refractivity contribution in [3.8, 4) is 0 Å². The molecule has 0 aliphatic heterocycles. The van der Waals surface area contributed by atoms with E-state index in [0.29, 0.717) is 0 Å². The summed E-state index contributed by atoms with van der Waals surface area (Å²) >= 11 is 0. The van der Waals surface area contributed by atoms with Crippen LogP contribution in [-0.4, -0.2) is 0 Å². The third-order valence-corrected chi connectivity index (χ3v) is 9.62. The first-order valence-electron chi connectivity index (χ1n) is 12.8. The molecule has 0 aromatic heterocycles. The zero-order valence-electron chi connectivity index (χ0n) is 17.9. The first kappa shape index (κ1) is 19.3. The summed E-state index contributed by atoms with van der Waals surface area (Å²) in [6, 6.07) is 0. The molecule has 0 aromatic carbocycles. The van der Waals surface area contributed by atoms with Crippen LogP contribution in [0.2, 0.25) is 0 Å². The van der Waals surface area contributed by atoms with E-state index < -0.39 is 0 Å². The molecule has 0 N–H and O–H groups in total. The first-order valence-corrected chi connectivity index (χ1v) is 12.8. The molecule has 26 heavy (non-hydrogen) atoms. The molecule has 0 radical (unpaired) electrons. The molecule has 0 bridgehead atoms. The van der Waals surface area contributed by atoms with E-state index in [4.69, 9.17) is 0 Å². The Labute approximate surface area is 164 Å². The predicted molar refractivity (Wildman–Crippen MR) is 113 cm³/mol. The summed E-state index contributed by atoms with van der Waals surface area (Å²) in [5.41, 5.74) is 0. The Hall–Kier alpha value is 0. The van der Waals surface area contributed by atoms with E-state index in [1.165, 1.54) is 38.5 Å². The number of fused-ring (bicyclic) bond motifs is 3. The van der Waals surface area contributed by atoms with Gasteiger partial charge in [0.2, 0.25) is 0 Å². The molecule has 0 amide bonds. The lowest BCUT2D eigenvalue weighted by Crippen LogP contribution is -2.37. The van der Waals surface area contributed by atoms with E-state index in [2.05, 4.69) is 13.8 Å². The van der Waals surface area contributed by atoms with Gasteiger partial charge in [-0.25, -0.2) is 0 Å². The Morgan fingerprint density at radius 1 is 0.692 bits per heavy atom. The molecule has 150 valence electrons. The molecule has 4 rings (SSSR count). The van der Waals surface area contributed by atoms with Crippen molar-refractivity contribution >= 4 is 0 Å². The third-order valence-electron chi connectivity index (χ3n) is 9.62. The van der Waals surface area contributed by atoms with Gasteiger partial charge < -0.3 is 0 Å². The van der Waals surface area contributed by atoms with E-state index in [-0.39, 0.29) is 0 Å². The Morgan fingerprint density at radius 2 is 1.46 bits per heavy atom. The van der Waals surface area contributed by atoms with Crippen molar-refractivity contribution in [2.75, 3.05) is 0 Å². The Balaban J connectivity index is 1.46. The van der Waals surface area contributed by atoms with Crippen molar-refractivity contribution < 1.29 is 0 Å². The molecule has 4 saturated carbocycles. The van der Waals surface area contributed by atoms with E-state index in [0.717, 1.165) is 47.3 Å². The lowest BCUT2D eigenvalue weighted by molar-refractivity contribution is 0.0434. The van der Waals surface area contributed by atoms with Gasteiger partial charge in [0.05, 0.1) is 0 Å². The fraction of sp³-hybridized carbons (Fsp3) is 1.00. The molecule has 4 aliphatic rings. The molecule has 0 nitrogen and oxygen atoms in total.